The summed E-state index contributed by atoms with van der Waals surface area (Å²) in [4.78, 5) is 21.5. The van der Waals surface area contributed by atoms with Crippen molar-refractivity contribution >= 4 is 45.1 Å². The number of halogens is 2. The standard InChI is InChI=1S/C10H10Cl2N2O5S/c1-13-9(15)4-14-20(18,19)8-2-5(10(16)17)6(11)3-7(8)12/h2-3,14H,4H2,1H3,(H,13,15)(H,16,17). The molecular formula is C10H10Cl2N2O5S. The van der Waals surface area contributed by atoms with E-state index < -0.39 is 38.9 Å². The van der Waals surface area contributed by atoms with Gasteiger partial charge in [-0.05, 0) is 12.1 Å². The molecule has 0 aliphatic heterocycles. The van der Waals surface area contributed by atoms with Crippen LogP contribution >= 0.6 is 23.2 Å². The summed E-state index contributed by atoms with van der Waals surface area (Å²) >= 11 is 11.4. The van der Waals surface area contributed by atoms with Crippen molar-refractivity contribution in [3.63, 3.8) is 0 Å². The summed E-state index contributed by atoms with van der Waals surface area (Å²) in [7, 11) is -2.79. The molecule has 0 spiro atoms. The Morgan fingerprint density at radius 2 is 1.85 bits per heavy atom. The van der Waals surface area contributed by atoms with E-state index in [-0.39, 0.29) is 10.0 Å². The van der Waals surface area contributed by atoms with Crippen molar-refractivity contribution in [2.75, 3.05) is 13.6 Å². The van der Waals surface area contributed by atoms with Crippen molar-refractivity contribution in [3.8, 4) is 0 Å². The summed E-state index contributed by atoms with van der Waals surface area (Å²) < 4.78 is 25.9. The minimum absolute atomic E-state index is 0.187. The van der Waals surface area contributed by atoms with Gasteiger partial charge in [-0.15, -0.1) is 0 Å². The van der Waals surface area contributed by atoms with Gasteiger partial charge in [0.1, 0.15) is 4.90 Å². The average Bonchev–Trinajstić information content (AvgIpc) is 2.35. The van der Waals surface area contributed by atoms with Crippen LogP contribution in [0.25, 0.3) is 0 Å². The molecular weight excluding hydrogens is 331 g/mol. The van der Waals surface area contributed by atoms with Crippen LogP contribution in [-0.2, 0) is 14.8 Å². The third kappa shape index (κ3) is 3.83. The number of benzene rings is 1. The first-order valence-electron chi connectivity index (χ1n) is 5.11. The molecule has 1 amide bonds. The normalized spacial score (nSPS) is 11.2. The lowest BCUT2D eigenvalue weighted by molar-refractivity contribution is -0.119. The number of amides is 1. The van der Waals surface area contributed by atoms with Gasteiger partial charge < -0.3 is 10.4 Å². The molecule has 110 valence electrons. The van der Waals surface area contributed by atoms with E-state index in [1.54, 1.807) is 0 Å². The lowest BCUT2D eigenvalue weighted by Crippen LogP contribution is -2.35. The number of hydrogen-bond acceptors (Lipinski definition) is 4. The molecule has 0 radical (unpaired) electrons. The Kier molecular flexibility index (Phi) is 5.35. The molecule has 0 saturated heterocycles. The van der Waals surface area contributed by atoms with E-state index in [1.165, 1.54) is 7.05 Å². The number of nitrogens with one attached hydrogen (secondary N) is 2. The summed E-state index contributed by atoms with van der Waals surface area (Å²) in [6, 6.07) is 1.85. The van der Waals surface area contributed by atoms with E-state index in [1.807, 2.05) is 4.72 Å². The van der Waals surface area contributed by atoms with Gasteiger partial charge in [-0.2, -0.15) is 0 Å². The smallest absolute Gasteiger partial charge is 0.337 e. The molecule has 0 aliphatic carbocycles. The van der Waals surface area contributed by atoms with Gasteiger partial charge in [0.05, 0.1) is 22.2 Å². The van der Waals surface area contributed by atoms with Crippen molar-refractivity contribution in [2.45, 2.75) is 4.90 Å². The fourth-order valence-electron chi connectivity index (χ4n) is 1.23. The van der Waals surface area contributed by atoms with Gasteiger partial charge in [-0.1, -0.05) is 23.2 Å². The maximum atomic E-state index is 11.9. The van der Waals surface area contributed by atoms with E-state index in [4.69, 9.17) is 28.3 Å². The molecule has 1 rings (SSSR count). The van der Waals surface area contributed by atoms with Crippen molar-refractivity contribution < 1.29 is 23.1 Å². The topological polar surface area (TPSA) is 113 Å². The molecule has 3 N–H and O–H groups in total. The van der Waals surface area contributed by atoms with Crippen molar-refractivity contribution in [3.05, 3.63) is 27.7 Å². The fraction of sp³-hybridized carbons (Fsp3) is 0.200. The molecule has 0 aromatic heterocycles. The molecule has 0 bridgehead atoms. The van der Waals surface area contributed by atoms with Crippen molar-refractivity contribution in [1.82, 2.24) is 10.0 Å². The number of rotatable bonds is 5. The summed E-state index contributed by atoms with van der Waals surface area (Å²) in [5.41, 5.74) is -0.406. The molecule has 1 aromatic rings. The van der Waals surface area contributed by atoms with Crippen LogP contribution in [0.2, 0.25) is 10.0 Å². The summed E-state index contributed by atoms with van der Waals surface area (Å²) in [5, 5.41) is 10.7. The minimum atomic E-state index is -4.13. The Morgan fingerprint density at radius 1 is 1.25 bits per heavy atom. The Bertz CT molecular complexity index is 660. The Morgan fingerprint density at radius 3 is 2.35 bits per heavy atom. The lowest BCUT2D eigenvalue weighted by atomic mass is 10.2. The molecule has 7 nitrogen and oxygen atoms in total. The van der Waals surface area contributed by atoms with E-state index >= 15 is 0 Å². The third-order valence-corrected chi connectivity index (χ3v) is 4.42. The van der Waals surface area contributed by atoms with E-state index in [0.717, 1.165) is 12.1 Å². The Labute approximate surface area is 124 Å². The highest BCUT2D eigenvalue weighted by Gasteiger charge is 2.22. The molecule has 0 fully saturated rings. The predicted molar refractivity (Wildman–Crippen MR) is 72.7 cm³/mol. The summed E-state index contributed by atoms with van der Waals surface area (Å²) in [5.74, 6) is -1.95. The maximum absolute atomic E-state index is 11.9. The van der Waals surface area contributed by atoms with Crippen LogP contribution in [0.5, 0.6) is 0 Å². The molecule has 20 heavy (non-hydrogen) atoms. The number of sulfonamides is 1. The van der Waals surface area contributed by atoms with Crippen LogP contribution in [0.15, 0.2) is 17.0 Å². The van der Waals surface area contributed by atoms with Crippen LogP contribution in [-0.4, -0.2) is 39.0 Å². The highest BCUT2D eigenvalue weighted by Crippen LogP contribution is 2.28. The first-order valence-corrected chi connectivity index (χ1v) is 7.35. The maximum Gasteiger partial charge on any atom is 0.337 e. The van der Waals surface area contributed by atoms with Gasteiger partial charge in [0, 0.05) is 7.05 Å². The van der Waals surface area contributed by atoms with Crippen LogP contribution < -0.4 is 10.0 Å². The third-order valence-electron chi connectivity index (χ3n) is 2.24. The second kappa shape index (κ2) is 6.40. The zero-order valence-electron chi connectivity index (χ0n) is 10.1. The van der Waals surface area contributed by atoms with Gasteiger partial charge in [-0.3, -0.25) is 4.79 Å². The van der Waals surface area contributed by atoms with Crippen LogP contribution in [0.3, 0.4) is 0 Å². The average molecular weight is 341 g/mol. The minimum Gasteiger partial charge on any atom is -0.478 e. The number of hydrogen-bond donors (Lipinski definition) is 3. The van der Waals surface area contributed by atoms with E-state index in [9.17, 15) is 18.0 Å². The van der Waals surface area contributed by atoms with Gasteiger partial charge in [0.15, 0.2) is 0 Å². The lowest BCUT2D eigenvalue weighted by Gasteiger charge is -2.09. The second-order valence-corrected chi connectivity index (χ2v) is 6.12. The number of carbonyl (C=O) groups is 2. The number of aromatic carboxylic acids is 1. The van der Waals surface area contributed by atoms with E-state index in [2.05, 4.69) is 5.32 Å². The molecule has 0 aliphatic rings. The van der Waals surface area contributed by atoms with Crippen LogP contribution in [0.1, 0.15) is 10.4 Å². The summed E-state index contributed by atoms with van der Waals surface area (Å²) in [6.07, 6.45) is 0. The van der Waals surface area contributed by atoms with E-state index in [0.29, 0.717) is 0 Å². The molecule has 1 aromatic carbocycles. The number of likely N-dealkylation sites (N-methyl/N-ethyl adjacent to an activating group) is 1. The molecule has 0 heterocycles. The number of carboxylic acids is 1. The zero-order valence-corrected chi connectivity index (χ0v) is 12.4. The first kappa shape index (κ1) is 16.7. The second-order valence-electron chi connectivity index (χ2n) is 3.57. The predicted octanol–water partition coefficient (Wildman–Crippen LogP) is 0.716. The molecule has 0 unspecified atom stereocenters. The van der Waals surface area contributed by atoms with Crippen LogP contribution in [0, 0.1) is 0 Å². The zero-order chi connectivity index (χ0) is 15.5. The molecule has 0 atom stereocenters. The largest absolute Gasteiger partial charge is 0.478 e. The van der Waals surface area contributed by atoms with Gasteiger partial charge in [-0.25, -0.2) is 17.9 Å². The molecule has 0 saturated carbocycles. The van der Waals surface area contributed by atoms with Crippen molar-refractivity contribution in [2.24, 2.45) is 0 Å². The fourth-order valence-corrected chi connectivity index (χ4v) is 3.06. The Balaban J connectivity index is 3.21. The van der Waals surface area contributed by atoms with Gasteiger partial charge in [0.25, 0.3) is 0 Å². The number of carboxylic acid groups (broad SMARTS) is 1. The monoisotopic (exact) mass is 340 g/mol. The van der Waals surface area contributed by atoms with Gasteiger partial charge in [0.2, 0.25) is 15.9 Å². The highest BCUT2D eigenvalue weighted by atomic mass is 35.5. The quantitative estimate of drug-likeness (QED) is 0.730. The number of carbonyl (C=O) groups excluding carboxylic acids is 1. The molecule has 10 heteroatoms. The van der Waals surface area contributed by atoms with Gasteiger partial charge >= 0.3 is 5.97 Å². The van der Waals surface area contributed by atoms with Crippen molar-refractivity contribution in [1.29, 1.82) is 0 Å². The van der Waals surface area contributed by atoms with Crippen LogP contribution in [0.4, 0.5) is 0 Å². The first-order chi connectivity index (χ1) is 9.19. The Hall–Kier alpha value is -1.35. The SMILES string of the molecule is CNC(=O)CNS(=O)(=O)c1cc(C(=O)O)c(Cl)cc1Cl. The summed E-state index contributed by atoms with van der Waals surface area (Å²) in [6.45, 7) is -0.500. The highest BCUT2D eigenvalue weighted by molar-refractivity contribution is 7.89.